The number of carbonyl (C=O) groups excluding carboxylic acids is 2. The second-order valence-electron chi connectivity index (χ2n) is 7.62. The highest BCUT2D eigenvalue weighted by atomic mass is 79.9. The fraction of sp³-hybridized carbons (Fsp3) is 0.381. The Kier molecular flexibility index (Phi) is 6.31. The van der Waals surface area contributed by atoms with Gasteiger partial charge in [-0.2, -0.15) is 0 Å². The van der Waals surface area contributed by atoms with Crippen LogP contribution in [0.2, 0.25) is 0 Å². The fourth-order valence-corrected chi connectivity index (χ4v) is 4.89. The van der Waals surface area contributed by atoms with Crippen molar-refractivity contribution in [2.45, 2.75) is 31.7 Å². The van der Waals surface area contributed by atoms with E-state index in [1.807, 2.05) is 30.0 Å². The van der Waals surface area contributed by atoms with Crippen molar-refractivity contribution in [2.75, 3.05) is 30.0 Å². The number of thiophene rings is 1. The van der Waals surface area contributed by atoms with E-state index in [4.69, 9.17) is 14.9 Å². The largest absolute Gasteiger partial charge is 0.414 e. The highest BCUT2D eigenvalue weighted by Gasteiger charge is 2.46. The summed E-state index contributed by atoms with van der Waals surface area (Å²) in [4.78, 5) is 27.3. The number of amides is 2. The summed E-state index contributed by atoms with van der Waals surface area (Å²) in [5.74, 6) is 0.161. The van der Waals surface area contributed by atoms with Gasteiger partial charge in [0.2, 0.25) is 5.91 Å². The maximum Gasteiger partial charge on any atom is 0.414 e. The topological polar surface area (TPSA) is 104 Å². The third-order valence-corrected chi connectivity index (χ3v) is 7.00. The molecule has 1 aromatic heterocycles. The Hall–Kier alpha value is -2.43. The van der Waals surface area contributed by atoms with Crippen LogP contribution in [-0.4, -0.2) is 43.1 Å². The third-order valence-electron chi connectivity index (χ3n) is 5.49. The Labute approximate surface area is 192 Å². The highest BCUT2D eigenvalue weighted by molar-refractivity contribution is 9.11. The van der Waals surface area contributed by atoms with Crippen molar-refractivity contribution in [1.82, 2.24) is 5.32 Å². The lowest BCUT2D eigenvalue weighted by atomic mass is 9.76. The molecule has 2 aromatic rings. The van der Waals surface area contributed by atoms with Crippen molar-refractivity contribution >= 4 is 56.5 Å². The van der Waals surface area contributed by atoms with Crippen LogP contribution in [0.3, 0.4) is 0 Å². The maximum absolute atomic E-state index is 13.0. The van der Waals surface area contributed by atoms with Crippen LogP contribution in [0.25, 0.3) is 0 Å². The molecular weight excluding hydrogens is 484 g/mol. The highest BCUT2D eigenvalue weighted by Crippen LogP contribution is 2.35. The smallest absolute Gasteiger partial charge is 0.399 e. The average Bonchev–Trinajstić information content (AvgIpc) is 3.10. The van der Waals surface area contributed by atoms with Gasteiger partial charge in [0.25, 0.3) is 0 Å². The standard InChI is InChI=1S/C21H23BrN4O4S/c1-13-11-14(3-4-15(13)26-9-10-29-12-17(26)23)24-19(27)21(7-2-8-21)25-20(28)30-18-6-5-16(22)31-18/h3-6,11,23H,2,7-10,12H2,1H3,(H,24,27)(H,25,28). The van der Waals surface area contributed by atoms with Gasteiger partial charge in [0.05, 0.1) is 10.4 Å². The minimum Gasteiger partial charge on any atom is -0.399 e. The number of anilines is 2. The van der Waals surface area contributed by atoms with E-state index in [2.05, 4.69) is 26.6 Å². The van der Waals surface area contributed by atoms with Gasteiger partial charge in [-0.15, -0.1) is 0 Å². The molecule has 0 unspecified atom stereocenters. The van der Waals surface area contributed by atoms with E-state index in [9.17, 15) is 9.59 Å². The van der Waals surface area contributed by atoms with Crippen molar-refractivity contribution in [2.24, 2.45) is 0 Å². The molecule has 10 heteroatoms. The first-order valence-electron chi connectivity index (χ1n) is 9.96. The van der Waals surface area contributed by atoms with Gasteiger partial charge in [0.1, 0.15) is 18.0 Å². The van der Waals surface area contributed by atoms with E-state index in [0.717, 1.165) is 21.5 Å². The number of nitrogens with one attached hydrogen (secondary N) is 3. The molecule has 1 aliphatic carbocycles. The quantitative estimate of drug-likeness (QED) is 0.561. The summed E-state index contributed by atoms with van der Waals surface area (Å²) in [7, 11) is 0. The Morgan fingerprint density at radius 3 is 2.71 bits per heavy atom. The van der Waals surface area contributed by atoms with E-state index in [-0.39, 0.29) is 5.91 Å². The molecule has 1 aromatic carbocycles. The lowest BCUT2D eigenvalue weighted by Gasteiger charge is -2.40. The van der Waals surface area contributed by atoms with Gasteiger partial charge in [-0.3, -0.25) is 10.2 Å². The molecular formula is C21H23BrN4O4S. The molecule has 1 saturated heterocycles. The van der Waals surface area contributed by atoms with Gasteiger partial charge in [-0.05, 0) is 78.0 Å². The number of ether oxygens (including phenoxy) is 2. The third kappa shape index (κ3) is 4.76. The van der Waals surface area contributed by atoms with E-state index < -0.39 is 11.6 Å². The number of carbonyl (C=O) groups is 2. The minimum atomic E-state index is -0.968. The van der Waals surface area contributed by atoms with E-state index >= 15 is 0 Å². The number of nitrogens with zero attached hydrogens (tertiary/aromatic N) is 1. The van der Waals surface area contributed by atoms with Gasteiger partial charge >= 0.3 is 6.09 Å². The minimum absolute atomic E-state index is 0.255. The van der Waals surface area contributed by atoms with Crippen molar-refractivity contribution in [3.05, 3.63) is 39.7 Å². The lowest BCUT2D eigenvalue weighted by molar-refractivity contribution is -0.125. The molecule has 164 valence electrons. The van der Waals surface area contributed by atoms with Crippen LogP contribution in [0.15, 0.2) is 34.1 Å². The number of hydrogen-bond acceptors (Lipinski definition) is 6. The molecule has 3 N–H and O–H groups in total. The first kappa shape index (κ1) is 21.8. The second kappa shape index (κ2) is 8.97. The molecule has 0 spiro atoms. The fourth-order valence-electron chi connectivity index (χ4n) is 3.69. The van der Waals surface area contributed by atoms with Crippen LogP contribution < -0.4 is 20.3 Å². The normalized spacial score (nSPS) is 17.6. The van der Waals surface area contributed by atoms with E-state index in [1.165, 1.54) is 11.3 Å². The first-order valence-corrected chi connectivity index (χ1v) is 11.6. The number of halogens is 1. The number of hydrogen-bond donors (Lipinski definition) is 3. The molecule has 2 aliphatic rings. The van der Waals surface area contributed by atoms with Crippen LogP contribution in [0.4, 0.5) is 16.2 Å². The second-order valence-corrected chi connectivity index (χ2v) is 10.0. The van der Waals surface area contributed by atoms with Crippen LogP contribution in [0, 0.1) is 12.3 Å². The summed E-state index contributed by atoms with van der Waals surface area (Å²) in [5.41, 5.74) is 1.55. The van der Waals surface area contributed by atoms with Crippen molar-refractivity contribution < 1.29 is 19.1 Å². The van der Waals surface area contributed by atoms with Gasteiger partial charge in [0, 0.05) is 17.9 Å². The zero-order valence-electron chi connectivity index (χ0n) is 17.0. The molecule has 2 fully saturated rings. The summed E-state index contributed by atoms with van der Waals surface area (Å²) in [6.07, 6.45) is 1.34. The summed E-state index contributed by atoms with van der Waals surface area (Å²) in [6.45, 7) is 3.45. The molecule has 4 rings (SSSR count). The predicted octanol–water partition coefficient (Wildman–Crippen LogP) is 4.28. The first-order chi connectivity index (χ1) is 14.9. The molecule has 0 radical (unpaired) electrons. The number of morpholine rings is 1. The number of rotatable bonds is 5. The monoisotopic (exact) mass is 506 g/mol. The van der Waals surface area contributed by atoms with Gasteiger partial charge < -0.3 is 25.0 Å². The van der Waals surface area contributed by atoms with E-state index in [0.29, 0.717) is 49.2 Å². The Balaban J connectivity index is 1.42. The van der Waals surface area contributed by atoms with Crippen molar-refractivity contribution in [3.8, 4) is 5.06 Å². The van der Waals surface area contributed by atoms with Crippen LogP contribution in [0.1, 0.15) is 24.8 Å². The zero-order chi connectivity index (χ0) is 22.0. The van der Waals surface area contributed by atoms with Crippen LogP contribution >= 0.6 is 27.3 Å². The summed E-state index contributed by atoms with van der Waals surface area (Å²) >= 11 is 4.63. The summed E-state index contributed by atoms with van der Waals surface area (Å²) in [5, 5.41) is 14.2. The lowest BCUT2D eigenvalue weighted by Crippen LogP contribution is -2.61. The molecule has 1 saturated carbocycles. The molecule has 2 amide bonds. The number of benzene rings is 1. The molecule has 1 aliphatic heterocycles. The molecule has 0 atom stereocenters. The maximum atomic E-state index is 13.0. The number of amidine groups is 1. The molecule has 0 bridgehead atoms. The summed E-state index contributed by atoms with van der Waals surface area (Å²) in [6, 6.07) is 9.08. The van der Waals surface area contributed by atoms with Crippen molar-refractivity contribution in [1.29, 1.82) is 5.41 Å². The SMILES string of the molecule is Cc1cc(NC(=O)C2(NC(=O)Oc3ccc(Br)s3)CCC2)ccc1N1CCOCC1=N. The number of aryl methyl sites for hydroxylation is 1. The predicted molar refractivity (Wildman–Crippen MR) is 123 cm³/mol. The van der Waals surface area contributed by atoms with Crippen LogP contribution in [0.5, 0.6) is 5.06 Å². The van der Waals surface area contributed by atoms with Crippen molar-refractivity contribution in [3.63, 3.8) is 0 Å². The molecule has 31 heavy (non-hydrogen) atoms. The van der Waals surface area contributed by atoms with Crippen LogP contribution in [-0.2, 0) is 9.53 Å². The van der Waals surface area contributed by atoms with Gasteiger partial charge in [-0.25, -0.2) is 4.79 Å². The molecule has 2 heterocycles. The summed E-state index contributed by atoms with van der Waals surface area (Å²) < 4.78 is 11.5. The Morgan fingerprint density at radius 1 is 1.29 bits per heavy atom. The van der Waals surface area contributed by atoms with Gasteiger partial charge in [0.15, 0.2) is 5.06 Å². The Bertz CT molecular complexity index is 1020. The average molecular weight is 507 g/mol. The van der Waals surface area contributed by atoms with Gasteiger partial charge in [-0.1, -0.05) is 11.3 Å². The zero-order valence-corrected chi connectivity index (χ0v) is 19.4. The molecule has 8 nitrogen and oxygen atoms in total. The Morgan fingerprint density at radius 2 is 2.10 bits per heavy atom. The van der Waals surface area contributed by atoms with E-state index in [1.54, 1.807) is 12.1 Å².